The first-order chi connectivity index (χ1) is 30.2. The van der Waals surface area contributed by atoms with Crippen LogP contribution in [0.15, 0.2) is 30.3 Å². The number of benzene rings is 1. The van der Waals surface area contributed by atoms with Crippen molar-refractivity contribution in [1.29, 1.82) is 0 Å². The van der Waals surface area contributed by atoms with Crippen molar-refractivity contribution in [2.75, 3.05) is 26.2 Å². The highest BCUT2D eigenvalue weighted by Gasteiger charge is 2.35. The summed E-state index contributed by atoms with van der Waals surface area (Å²) in [5.74, 6) is -7.03. The highest BCUT2D eigenvalue weighted by Crippen LogP contribution is 2.14. The van der Waals surface area contributed by atoms with Gasteiger partial charge in [-0.1, -0.05) is 78.3 Å². The molecular formula is C44H76N10O10. The molecule has 362 valence electrons. The molecule has 0 aliphatic heterocycles. The van der Waals surface area contributed by atoms with Gasteiger partial charge < -0.3 is 64.6 Å². The van der Waals surface area contributed by atoms with Crippen LogP contribution in [0, 0.1) is 17.8 Å². The normalized spacial score (nSPS) is 15.0. The van der Waals surface area contributed by atoms with Gasteiger partial charge in [0.1, 0.15) is 24.2 Å². The maximum absolute atomic E-state index is 14.1. The number of amides is 6. The third-order valence-corrected chi connectivity index (χ3v) is 10.7. The molecule has 0 radical (unpaired) electrons. The van der Waals surface area contributed by atoms with Crippen LogP contribution in [0.3, 0.4) is 0 Å². The van der Waals surface area contributed by atoms with Crippen molar-refractivity contribution >= 4 is 47.4 Å². The van der Waals surface area contributed by atoms with Gasteiger partial charge in [0.15, 0.2) is 0 Å². The first-order valence-corrected chi connectivity index (χ1v) is 22.4. The smallest absolute Gasteiger partial charge is 0.326 e. The maximum atomic E-state index is 14.1. The maximum Gasteiger partial charge on any atom is 0.326 e. The Morgan fingerprint density at radius 3 is 1.75 bits per heavy atom. The van der Waals surface area contributed by atoms with Crippen molar-refractivity contribution < 1.29 is 48.6 Å². The van der Waals surface area contributed by atoms with E-state index < -0.39 is 109 Å². The average Bonchev–Trinajstić information content (AvgIpc) is 3.23. The van der Waals surface area contributed by atoms with E-state index >= 15 is 0 Å². The van der Waals surface area contributed by atoms with Gasteiger partial charge in [0.05, 0.1) is 25.0 Å². The van der Waals surface area contributed by atoms with Crippen LogP contribution >= 0.6 is 0 Å². The van der Waals surface area contributed by atoms with Crippen LogP contribution in [0.1, 0.15) is 105 Å². The van der Waals surface area contributed by atoms with Crippen molar-refractivity contribution in [3.63, 3.8) is 0 Å². The molecule has 8 atom stereocenters. The zero-order valence-electron chi connectivity index (χ0n) is 38.5. The van der Waals surface area contributed by atoms with Gasteiger partial charge in [-0.3, -0.25) is 33.6 Å². The minimum absolute atomic E-state index is 0.0227. The molecule has 64 heavy (non-hydrogen) atoms. The molecule has 15 N–H and O–H groups in total. The van der Waals surface area contributed by atoms with E-state index in [1.165, 1.54) is 0 Å². The monoisotopic (exact) mass is 905 g/mol. The molecule has 20 nitrogen and oxygen atoms in total. The fraction of sp³-hybridized carbons (Fsp3) is 0.682. The summed E-state index contributed by atoms with van der Waals surface area (Å²) < 4.78 is 0. The van der Waals surface area contributed by atoms with E-state index in [0.29, 0.717) is 58.0 Å². The number of unbranched alkanes of at least 4 members (excludes halogenated alkanes) is 2. The molecule has 0 aliphatic rings. The van der Waals surface area contributed by atoms with E-state index in [2.05, 4.69) is 37.2 Å². The molecule has 0 heterocycles. The van der Waals surface area contributed by atoms with Crippen LogP contribution in [0.5, 0.6) is 0 Å². The Morgan fingerprint density at radius 1 is 0.656 bits per heavy atom. The molecule has 6 amide bonds. The standard InChI is InChI=1S/C44H76N10O10/c1-7-28(6)38(43(62)53-37(27(4)5)42(61)52-33(44(63)64)18-12-14-20-46)54-41(60)34(21-26(2)3)48-24-30(22-29-15-9-8-10-16-29)50-35(55)25-49-40(59)32(17-11-13-19-45)51-39(58)31(47)23-36(56)57/h8-10,15-16,26-28,30-34,37-38,48H,7,11-14,17-25,45-47H2,1-6H3,(H,49,59)(H,50,55)(H,51,58)(H,52,61)(H,53,62)(H,54,60)(H,56,57)(H,63,64)/t28-,30+,31+,32+,33+,34+,37+,38+/m1/s1. The highest BCUT2D eigenvalue weighted by atomic mass is 16.4. The second-order valence-corrected chi connectivity index (χ2v) is 17.1. The summed E-state index contributed by atoms with van der Waals surface area (Å²) >= 11 is 0. The summed E-state index contributed by atoms with van der Waals surface area (Å²) in [6.45, 7) is 11.3. The number of carbonyl (C=O) groups excluding carboxylic acids is 6. The summed E-state index contributed by atoms with van der Waals surface area (Å²) in [6.07, 6.45) is 3.01. The zero-order valence-corrected chi connectivity index (χ0v) is 38.5. The number of carboxylic acid groups (broad SMARTS) is 2. The zero-order chi connectivity index (χ0) is 48.4. The van der Waals surface area contributed by atoms with Gasteiger partial charge >= 0.3 is 11.9 Å². The van der Waals surface area contributed by atoms with E-state index in [9.17, 15) is 43.5 Å². The second-order valence-electron chi connectivity index (χ2n) is 17.1. The quantitative estimate of drug-likeness (QED) is 0.0401. The van der Waals surface area contributed by atoms with Crippen molar-refractivity contribution in [2.45, 2.75) is 148 Å². The number of rotatable bonds is 33. The SMILES string of the molecule is CC[C@@H](C)[C@H](NC(=O)[C@H](CC(C)C)NC[C@H](Cc1ccccc1)NC(=O)CNC(=O)[C@H](CCCCN)NC(=O)[C@@H](N)CC(=O)O)C(=O)N[C@H](C(=O)N[C@@H](CCCCN)C(=O)O)C(C)C. The first-order valence-electron chi connectivity index (χ1n) is 22.4. The fourth-order valence-electron chi connectivity index (χ4n) is 6.75. The molecule has 0 saturated carbocycles. The summed E-state index contributed by atoms with van der Waals surface area (Å²) in [5.41, 5.74) is 17.7. The number of nitrogens with two attached hydrogens (primary N) is 3. The fourth-order valence-corrected chi connectivity index (χ4v) is 6.75. The van der Waals surface area contributed by atoms with Crippen LogP contribution in [0.25, 0.3) is 0 Å². The number of hydrogen-bond acceptors (Lipinski definition) is 12. The van der Waals surface area contributed by atoms with Gasteiger partial charge in [-0.15, -0.1) is 0 Å². The van der Waals surface area contributed by atoms with Gasteiger partial charge in [-0.25, -0.2) is 4.79 Å². The lowest BCUT2D eigenvalue weighted by Gasteiger charge is -2.30. The van der Waals surface area contributed by atoms with Gasteiger partial charge in [0.25, 0.3) is 0 Å². The molecule has 0 bridgehead atoms. The van der Waals surface area contributed by atoms with Crippen molar-refractivity contribution in [2.24, 2.45) is 35.0 Å². The first kappa shape index (κ1) is 56.8. The number of carboxylic acids is 2. The Hall–Kier alpha value is -5.18. The van der Waals surface area contributed by atoms with Crippen LogP contribution in [0.4, 0.5) is 0 Å². The molecule has 0 unspecified atom stereocenters. The van der Waals surface area contributed by atoms with Gasteiger partial charge in [-0.05, 0) is 87.8 Å². The van der Waals surface area contributed by atoms with Crippen LogP contribution in [0.2, 0.25) is 0 Å². The molecule has 0 spiro atoms. The molecule has 1 aromatic carbocycles. The van der Waals surface area contributed by atoms with Crippen LogP contribution in [-0.4, -0.2) is 126 Å². The van der Waals surface area contributed by atoms with Crippen LogP contribution in [-0.2, 0) is 44.8 Å². The summed E-state index contributed by atoms with van der Waals surface area (Å²) in [4.78, 5) is 104. The summed E-state index contributed by atoms with van der Waals surface area (Å²) in [7, 11) is 0. The van der Waals surface area contributed by atoms with E-state index in [0.717, 1.165) is 5.56 Å². The lowest BCUT2D eigenvalue weighted by atomic mass is 9.95. The third-order valence-electron chi connectivity index (χ3n) is 10.7. The van der Waals surface area contributed by atoms with Crippen molar-refractivity contribution in [1.82, 2.24) is 37.2 Å². The predicted molar refractivity (Wildman–Crippen MR) is 242 cm³/mol. The summed E-state index contributed by atoms with van der Waals surface area (Å²) in [6, 6.07) is 2.10. The van der Waals surface area contributed by atoms with Gasteiger partial charge in [0.2, 0.25) is 35.4 Å². The molecule has 0 fully saturated rings. The predicted octanol–water partition coefficient (Wildman–Crippen LogP) is -0.380. The number of hydrogen-bond donors (Lipinski definition) is 12. The number of carbonyl (C=O) groups is 8. The minimum atomic E-state index is -1.39. The Labute approximate surface area is 377 Å². The van der Waals surface area contributed by atoms with E-state index in [1.807, 2.05) is 51.1 Å². The molecule has 20 heteroatoms. The lowest BCUT2D eigenvalue weighted by Crippen LogP contribution is -2.60. The van der Waals surface area contributed by atoms with Crippen LogP contribution < -0.4 is 54.4 Å². The lowest BCUT2D eigenvalue weighted by molar-refractivity contribution is -0.143. The summed E-state index contributed by atoms with van der Waals surface area (Å²) in [5, 5.41) is 38.2. The number of aliphatic carboxylic acids is 2. The molecule has 0 aliphatic carbocycles. The van der Waals surface area contributed by atoms with E-state index in [4.69, 9.17) is 22.3 Å². The van der Waals surface area contributed by atoms with Crippen molar-refractivity contribution in [3.05, 3.63) is 35.9 Å². The van der Waals surface area contributed by atoms with E-state index in [1.54, 1.807) is 20.8 Å². The third kappa shape index (κ3) is 22.4. The molecule has 0 saturated heterocycles. The number of nitrogens with one attached hydrogen (secondary N) is 7. The molecule has 1 aromatic rings. The Morgan fingerprint density at radius 2 is 1.22 bits per heavy atom. The minimum Gasteiger partial charge on any atom is -0.481 e. The van der Waals surface area contributed by atoms with Gasteiger partial charge in [-0.2, -0.15) is 0 Å². The topological polar surface area (TPSA) is 339 Å². The van der Waals surface area contributed by atoms with E-state index in [-0.39, 0.29) is 31.2 Å². The molecule has 1 rings (SSSR count). The largest absolute Gasteiger partial charge is 0.481 e. The van der Waals surface area contributed by atoms with Crippen molar-refractivity contribution in [3.8, 4) is 0 Å². The average molecular weight is 905 g/mol. The Kier molecular flexibility index (Phi) is 27.4. The molecule has 0 aromatic heterocycles. The van der Waals surface area contributed by atoms with Gasteiger partial charge in [0, 0.05) is 12.6 Å². The Bertz CT molecular complexity index is 1630. The highest BCUT2D eigenvalue weighted by molar-refractivity contribution is 5.95. The molecular weight excluding hydrogens is 829 g/mol. The Balaban J connectivity index is 3.22. The second kappa shape index (κ2) is 30.8.